The summed E-state index contributed by atoms with van der Waals surface area (Å²) >= 11 is 0. The standard InChI is InChI=1S/C22H44O4/c1-3-5-6-7-8-10-13-16-21(24)17-14-11-9-12-15-18-22(25)26-19-20(23)4-2/h20-21,23-24H,3-19H2,1-2H3. The number of hydrogen-bond acceptors (Lipinski definition) is 4. The maximum Gasteiger partial charge on any atom is 0.305 e. The molecule has 0 amide bonds. The van der Waals surface area contributed by atoms with Crippen LogP contribution in [0.15, 0.2) is 0 Å². The second-order valence-corrected chi connectivity index (χ2v) is 7.62. The predicted molar refractivity (Wildman–Crippen MR) is 108 cm³/mol. The molecule has 26 heavy (non-hydrogen) atoms. The molecular weight excluding hydrogens is 328 g/mol. The number of rotatable bonds is 19. The lowest BCUT2D eigenvalue weighted by Gasteiger charge is -2.10. The van der Waals surface area contributed by atoms with Crippen molar-refractivity contribution in [3.63, 3.8) is 0 Å². The smallest absolute Gasteiger partial charge is 0.305 e. The summed E-state index contributed by atoms with van der Waals surface area (Å²) in [6, 6.07) is 0. The lowest BCUT2D eigenvalue weighted by Crippen LogP contribution is -2.17. The average Bonchev–Trinajstić information content (AvgIpc) is 2.64. The summed E-state index contributed by atoms with van der Waals surface area (Å²) in [4.78, 5) is 11.5. The molecular formula is C22H44O4. The lowest BCUT2D eigenvalue weighted by atomic mass is 10.0. The van der Waals surface area contributed by atoms with E-state index < -0.39 is 6.10 Å². The molecule has 0 aromatic rings. The average molecular weight is 373 g/mol. The first kappa shape index (κ1) is 25.4. The van der Waals surface area contributed by atoms with Gasteiger partial charge in [0.05, 0.1) is 12.2 Å². The van der Waals surface area contributed by atoms with Crippen molar-refractivity contribution in [3.05, 3.63) is 0 Å². The second-order valence-electron chi connectivity index (χ2n) is 7.62. The summed E-state index contributed by atoms with van der Waals surface area (Å²) in [5, 5.41) is 19.3. The number of ether oxygens (including phenoxy) is 1. The van der Waals surface area contributed by atoms with Gasteiger partial charge in [-0.2, -0.15) is 0 Å². The van der Waals surface area contributed by atoms with Gasteiger partial charge in [0.15, 0.2) is 0 Å². The summed E-state index contributed by atoms with van der Waals surface area (Å²) in [6.07, 6.45) is 16.5. The molecule has 2 N–H and O–H groups in total. The molecule has 0 spiro atoms. The molecule has 0 fully saturated rings. The maximum absolute atomic E-state index is 11.5. The fourth-order valence-electron chi connectivity index (χ4n) is 3.04. The van der Waals surface area contributed by atoms with Gasteiger partial charge in [-0.3, -0.25) is 4.79 Å². The molecule has 0 heterocycles. The van der Waals surface area contributed by atoms with Crippen LogP contribution in [0, 0.1) is 0 Å². The minimum absolute atomic E-state index is 0.117. The minimum atomic E-state index is -0.536. The molecule has 0 aliphatic rings. The van der Waals surface area contributed by atoms with Gasteiger partial charge < -0.3 is 14.9 Å². The van der Waals surface area contributed by atoms with E-state index in [0.717, 1.165) is 51.4 Å². The van der Waals surface area contributed by atoms with Crippen LogP contribution in [0.5, 0.6) is 0 Å². The molecule has 0 aliphatic heterocycles. The SMILES string of the molecule is CCCCCCCCCC(O)CCCCCCCC(=O)OCC(O)CC. The number of unbranched alkanes of at least 4 members (excludes halogenated alkanes) is 10. The topological polar surface area (TPSA) is 66.8 Å². The zero-order valence-electron chi connectivity index (χ0n) is 17.4. The Labute approximate surface area is 161 Å². The van der Waals surface area contributed by atoms with Crippen molar-refractivity contribution >= 4 is 5.97 Å². The third-order valence-electron chi connectivity index (χ3n) is 4.97. The van der Waals surface area contributed by atoms with Crippen LogP contribution in [0.3, 0.4) is 0 Å². The molecule has 0 saturated carbocycles. The van der Waals surface area contributed by atoms with Crippen molar-refractivity contribution in [1.29, 1.82) is 0 Å². The third kappa shape index (κ3) is 18.2. The highest BCUT2D eigenvalue weighted by atomic mass is 16.5. The van der Waals surface area contributed by atoms with Crippen LogP contribution < -0.4 is 0 Å². The second kappa shape index (κ2) is 19.2. The third-order valence-corrected chi connectivity index (χ3v) is 4.97. The van der Waals surface area contributed by atoms with E-state index in [2.05, 4.69) is 6.92 Å². The Morgan fingerprint density at radius 2 is 1.23 bits per heavy atom. The highest BCUT2D eigenvalue weighted by Crippen LogP contribution is 2.14. The molecule has 0 rings (SSSR count). The van der Waals surface area contributed by atoms with Gasteiger partial charge >= 0.3 is 5.97 Å². The van der Waals surface area contributed by atoms with Crippen LogP contribution in [0.25, 0.3) is 0 Å². The molecule has 0 bridgehead atoms. The van der Waals surface area contributed by atoms with Gasteiger partial charge in [-0.05, 0) is 25.7 Å². The number of aliphatic hydroxyl groups is 2. The van der Waals surface area contributed by atoms with Gasteiger partial charge in [0.1, 0.15) is 6.61 Å². The Morgan fingerprint density at radius 1 is 0.731 bits per heavy atom. The summed E-state index contributed by atoms with van der Waals surface area (Å²) in [7, 11) is 0. The highest BCUT2D eigenvalue weighted by molar-refractivity contribution is 5.69. The first-order valence-corrected chi connectivity index (χ1v) is 11.1. The van der Waals surface area contributed by atoms with E-state index in [1.54, 1.807) is 0 Å². The number of aliphatic hydroxyl groups excluding tert-OH is 2. The van der Waals surface area contributed by atoms with Crippen molar-refractivity contribution in [2.45, 2.75) is 129 Å². The molecule has 4 nitrogen and oxygen atoms in total. The van der Waals surface area contributed by atoms with E-state index >= 15 is 0 Å². The van der Waals surface area contributed by atoms with Gasteiger partial charge in [0.25, 0.3) is 0 Å². The maximum atomic E-state index is 11.5. The number of esters is 1. The molecule has 4 heteroatoms. The molecule has 0 aromatic heterocycles. The highest BCUT2D eigenvalue weighted by Gasteiger charge is 2.07. The molecule has 0 aliphatic carbocycles. The van der Waals surface area contributed by atoms with Gasteiger partial charge in [-0.25, -0.2) is 0 Å². The molecule has 156 valence electrons. The van der Waals surface area contributed by atoms with E-state index in [0.29, 0.717) is 12.8 Å². The minimum Gasteiger partial charge on any atom is -0.463 e. The zero-order chi connectivity index (χ0) is 19.5. The Morgan fingerprint density at radius 3 is 1.77 bits per heavy atom. The van der Waals surface area contributed by atoms with E-state index in [9.17, 15) is 15.0 Å². The van der Waals surface area contributed by atoms with Crippen molar-refractivity contribution in [3.8, 4) is 0 Å². The van der Waals surface area contributed by atoms with Gasteiger partial charge in [-0.15, -0.1) is 0 Å². The largest absolute Gasteiger partial charge is 0.463 e. The molecule has 0 saturated heterocycles. The monoisotopic (exact) mass is 372 g/mol. The quantitative estimate of drug-likeness (QED) is 0.231. The van der Waals surface area contributed by atoms with E-state index in [-0.39, 0.29) is 18.7 Å². The zero-order valence-corrected chi connectivity index (χ0v) is 17.4. The summed E-state index contributed by atoms with van der Waals surface area (Å²) in [5.74, 6) is -0.206. The van der Waals surface area contributed by atoms with Crippen molar-refractivity contribution in [1.82, 2.24) is 0 Å². The van der Waals surface area contributed by atoms with Crippen molar-refractivity contribution in [2.75, 3.05) is 6.61 Å². The van der Waals surface area contributed by atoms with E-state index in [4.69, 9.17) is 4.74 Å². The number of carbonyl (C=O) groups is 1. The van der Waals surface area contributed by atoms with Crippen molar-refractivity contribution in [2.24, 2.45) is 0 Å². The molecule has 0 aromatic carbocycles. The van der Waals surface area contributed by atoms with Crippen LogP contribution >= 0.6 is 0 Å². The predicted octanol–water partition coefficient (Wildman–Crippen LogP) is 5.53. The van der Waals surface area contributed by atoms with Crippen LogP contribution in [0.1, 0.15) is 117 Å². The first-order chi connectivity index (χ1) is 12.6. The number of hydrogen-bond donors (Lipinski definition) is 2. The molecule has 2 atom stereocenters. The van der Waals surface area contributed by atoms with Gasteiger partial charge in [0.2, 0.25) is 0 Å². The Balaban J connectivity index is 3.29. The fourth-order valence-corrected chi connectivity index (χ4v) is 3.04. The summed E-state index contributed by atoms with van der Waals surface area (Å²) in [6.45, 7) is 4.22. The normalized spacial score (nSPS) is 13.5. The molecule has 2 unspecified atom stereocenters. The van der Waals surface area contributed by atoms with Crippen LogP contribution in [-0.2, 0) is 9.53 Å². The molecule has 0 radical (unpaired) electrons. The van der Waals surface area contributed by atoms with Crippen LogP contribution in [0.2, 0.25) is 0 Å². The van der Waals surface area contributed by atoms with E-state index in [1.807, 2.05) is 6.92 Å². The van der Waals surface area contributed by atoms with Crippen LogP contribution in [-0.4, -0.2) is 35.0 Å². The Kier molecular flexibility index (Phi) is 18.7. The number of carbonyl (C=O) groups excluding carboxylic acids is 1. The lowest BCUT2D eigenvalue weighted by molar-refractivity contribution is -0.146. The summed E-state index contributed by atoms with van der Waals surface area (Å²) < 4.78 is 5.01. The van der Waals surface area contributed by atoms with E-state index in [1.165, 1.54) is 38.5 Å². The summed E-state index contributed by atoms with van der Waals surface area (Å²) in [5.41, 5.74) is 0. The van der Waals surface area contributed by atoms with Gasteiger partial charge in [-0.1, -0.05) is 84.5 Å². The Bertz CT molecular complexity index is 307. The first-order valence-electron chi connectivity index (χ1n) is 11.1. The van der Waals surface area contributed by atoms with Crippen LogP contribution in [0.4, 0.5) is 0 Å². The van der Waals surface area contributed by atoms with Gasteiger partial charge in [0, 0.05) is 6.42 Å². The Hall–Kier alpha value is -0.610. The fraction of sp³-hybridized carbons (Fsp3) is 0.955. The van der Waals surface area contributed by atoms with Crippen molar-refractivity contribution < 1.29 is 19.7 Å².